The number of hydrogen-bond donors (Lipinski definition) is 5. The van der Waals surface area contributed by atoms with Crippen molar-refractivity contribution in [1.29, 1.82) is 0 Å². The third-order valence-corrected chi connectivity index (χ3v) is 23.7. The fourth-order valence-corrected chi connectivity index (χ4v) is 19.5. The zero-order valence-corrected chi connectivity index (χ0v) is 46.3. The number of fused-ring (bicyclic) bond motifs is 10. The minimum atomic E-state index is -4.10. The molecule has 0 aromatic heterocycles. The Kier molecular flexibility index (Phi) is 18.1. The molecule has 8 aliphatic rings. The third kappa shape index (κ3) is 11.7. The Hall–Kier alpha value is -2.17. The first kappa shape index (κ1) is 56.0. The average molecular weight is 1040 g/mol. The summed E-state index contributed by atoms with van der Waals surface area (Å²) >= 11 is 0.513. The first-order valence-electron chi connectivity index (χ1n) is 28.5. The second kappa shape index (κ2) is 23.2. The minimum Gasteiger partial charge on any atom is -0.393 e. The molecule has 8 rings (SSSR count). The lowest BCUT2D eigenvalue weighted by atomic mass is 9.43. The lowest BCUT2D eigenvalue weighted by molar-refractivity contribution is -0.177. The van der Waals surface area contributed by atoms with E-state index in [1.165, 1.54) is 25.7 Å². The van der Waals surface area contributed by atoms with Crippen molar-refractivity contribution in [3.05, 3.63) is 0 Å². The number of aliphatic hydroxyl groups is 2. The molecular weight excluding hydrogens is 949 g/mol. The number of carbonyl (C=O) groups is 2. The van der Waals surface area contributed by atoms with E-state index in [4.69, 9.17) is 14.0 Å². The Morgan fingerprint density at radius 1 is 0.625 bits per heavy atom. The number of nitrogens with one attached hydrogen (secondary N) is 2. The molecule has 72 heavy (non-hydrogen) atoms. The molecule has 404 valence electrons. The van der Waals surface area contributed by atoms with Gasteiger partial charge in [0.05, 0.1) is 36.7 Å². The van der Waals surface area contributed by atoms with Gasteiger partial charge in [-0.1, -0.05) is 53.4 Å². The summed E-state index contributed by atoms with van der Waals surface area (Å²) in [6, 6.07) is 0. The van der Waals surface area contributed by atoms with Crippen molar-refractivity contribution in [1.82, 2.24) is 10.6 Å². The van der Waals surface area contributed by atoms with E-state index in [1.54, 1.807) is 0 Å². The van der Waals surface area contributed by atoms with E-state index in [0.29, 0.717) is 121 Å². The van der Waals surface area contributed by atoms with Gasteiger partial charge in [-0.3, -0.25) is 14.1 Å². The van der Waals surface area contributed by atoms with Gasteiger partial charge in [-0.2, -0.15) is 8.42 Å². The highest BCUT2D eigenvalue weighted by atomic mass is 32.2. The second-order valence-electron chi connectivity index (χ2n) is 25.9. The van der Waals surface area contributed by atoms with Crippen molar-refractivity contribution >= 4 is 33.6 Å². The summed E-state index contributed by atoms with van der Waals surface area (Å²) in [5.41, 5.74) is 0.731. The molecule has 0 bridgehead atoms. The van der Waals surface area contributed by atoms with Gasteiger partial charge in [-0.25, -0.2) is 0 Å². The van der Waals surface area contributed by atoms with E-state index in [1.807, 2.05) is 0 Å². The van der Waals surface area contributed by atoms with Crippen LogP contribution in [0.15, 0.2) is 0 Å². The second-order valence-corrected chi connectivity index (χ2v) is 28.1. The van der Waals surface area contributed by atoms with E-state index in [9.17, 15) is 32.4 Å². The summed E-state index contributed by atoms with van der Waals surface area (Å²) in [5.74, 6) is 17.5. The van der Waals surface area contributed by atoms with Gasteiger partial charge in [-0.15, -0.1) is 0 Å². The number of hydrogen-bond acceptors (Lipinski definition) is 9. The maximum atomic E-state index is 12.5. The molecule has 8 fully saturated rings. The Labute approximate surface area is 437 Å². The molecule has 12 nitrogen and oxygen atoms in total. The molecule has 14 heteroatoms. The Bertz CT molecular complexity index is 2170. The molecule has 0 aromatic rings. The number of aliphatic hydroxyl groups excluding tert-OH is 2. The van der Waals surface area contributed by atoms with E-state index < -0.39 is 15.9 Å². The van der Waals surface area contributed by atoms with E-state index >= 15 is 0 Å². The third-order valence-electron chi connectivity index (χ3n) is 22.7. The molecule has 8 saturated carbocycles. The highest BCUT2D eigenvalue weighted by molar-refractivity contribution is 7.85. The van der Waals surface area contributed by atoms with E-state index in [0.717, 1.165) is 89.9 Å². The molecule has 0 aromatic carbocycles. The van der Waals surface area contributed by atoms with Gasteiger partial charge in [0.15, 0.2) is 0 Å². The molecule has 5 N–H and O–H groups in total. The van der Waals surface area contributed by atoms with Gasteiger partial charge in [0.2, 0.25) is 17.6 Å². The van der Waals surface area contributed by atoms with Gasteiger partial charge in [0.1, 0.15) is 13.2 Å². The predicted molar refractivity (Wildman–Crippen MR) is 280 cm³/mol. The van der Waals surface area contributed by atoms with Crippen LogP contribution in [-0.2, 0) is 45.1 Å². The highest BCUT2D eigenvalue weighted by Gasteiger charge is 2.65. The average Bonchev–Trinajstić information content (AvgIpc) is 3.88. The molecule has 2 unspecified atom stereocenters. The van der Waals surface area contributed by atoms with Gasteiger partial charge in [0, 0.05) is 23.6 Å². The molecule has 0 radical (unpaired) electrons. The lowest BCUT2D eigenvalue weighted by Gasteiger charge is -2.62. The normalized spacial score (nSPS) is 42.7. The van der Waals surface area contributed by atoms with E-state index in [2.05, 4.69) is 75.9 Å². The fraction of sp³-hybridized carbons (Fsp3) is 0.897. The number of ether oxygens (including phenoxy) is 2. The monoisotopic (exact) mass is 1040 g/mol. The van der Waals surface area contributed by atoms with Crippen molar-refractivity contribution < 1.29 is 46.5 Å². The van der Waals surface area contributed by atoms with Crippen LogP contribution in [0.1, 0.15) is 170 Å². The van der Waals surface area contributed by atoms with Crippen LogP contribution in [0.5, 0.6) is 0 Å². The summed E-state index contributed by atoms with van der Waals surface area (Å²) in [7, 11) is -4.10. The van der Waals surface area contributed by atoms with Crippen molar-refractivity contribution in [2.45, 2.75) is 194 Å². The van der Waals surface area contributed by atoms with Crippen LogP contribution in [0.3, 0.4) is 0 Å². The van der Waals surface area contributed by atoms with Crippen molar-refractivity contribution in [3.8, 4) is 23.7 Å². The summed E-state index contributed by atoms with van der Waals surface area (Å²) < 4.78 is 54.5. The predicted octanol–water partition coefficient (Wildman–Crippen LogP) is 8.40. The van der Waals surface area contributed by atoms with Gasteiger partial charge < -0.3 is 30.3 Å². The number of rotatable bonds is 18. The van der Waals surface area contributed by atoms with Crippen molar-refractivity contribution in [2.75, 3.05) is 37.8 Å². The largest absolute Gasteiger partial charge is 0.460 e. The maximum Gasteiger partial charge on any atom is 0.460 e. The van der Waals surface area contributed by atoms with Gasteiger partial charge in [0.25, 0.3) is 10.1 Å². The SMILES string of the molecule is C[C@H](CCC(=O)NCC[S+]=O)[C@H]1CC[C@H]2[C@@H]3[C@@H](O)CC4C[C@H](OCC#CC#CCO[C@@H]5CC[C@@]6(C)C(C5)C[C@H](O)[C@H]5[C@@H]7CC[C@H]([C@H](C)CCC(=O)NCCS(=O)(=O)O)[C@@]7(C)CC[C@@H]56)CC[C@]4(C)[C@H]3CC[C@]12C. The van der Waals surface area contributed by atoms with Crippen LogP contribution in [0.25, 0.3) is 0 Å². The minimum absolute atomic E-state index is 0.0501. The standard InChI is InChI=1S/C58H90N2O10S2/c1-37(11-17-51(63)59-27-31-71-65)43-13-15-45-53-47(21-25-57(43,45)5)55(3)23-19-41(33-39(55)35-49(53)61)69-29-9-7-8-10-30-70-42-20-24-56(4)40(34-42)36-50(62)54-46-16-14-44(58(46,6)26-22-48(54)56)38(2)12-18-52(64)60-28-32-72(66,67)68/h37-50,53-54,61-62H,11-36H2,1-6H3,(H2-,59,60,63,64,66,67,68)/p+1/t37-,38-,39?,40?,41-,42-,43-,44-,45+,46+,47+,48+,49+,50+,53+,54+,55+,56+,57-,58-/m1/s1. The molecule has 0 saturated heterocycles. The van der Waals surface area contributed by atoms with E-state index in [-0.39, 0.29) is 64.4 Å². The smallest absolute Gasteiger partial charge is 0.393 e. The maximum absolute atomic E-state index is 12.5. The number of amides is 2. The van der Waals surface area contributed by atoms with Crippen LogP contribution in [-0.4, -0.2) is 97.2 Å². The molecule has 0 heterocycles. The number of carbonyl (C=O) groups excluding carboxylic acids is 2. The first-order chi connectivity index (χ1) is 34.2. The molecule has 0 aliphatic heterocycles. The Balaban J connectivity index is 0.748. The van der Waals surface area contributed by atoms with Crippen LogP contribution in [0, 0.1) is 116 Å². The molecule has 20 atom stereocenters. The summed E-state index contributed by atoms with van der Waals surface area (Å²) in [5, 5.41) is 29.4. The van der Waals surface area contributed by atoms with Crippen molar-refractivity contribution in [2.24, 2.45) is 92.7 Å². The fourth-order valence-electron chi connectivity index (χ4n) is 18.9. The Morgan fingerprint density at radius 3 is 1.47 bits per heavy atom. The topological polar surface area (TPSA) is 189 Å². The molecule has 0 spiro atoms. The molecule has 8 aliphatic carbocycles. The zero-order chi connectivity index (χ0) is 51.6. The zero-order valence-electron chi connectivity index (χ0n) is 44.6. The van der Waals surface area contributed by atoms with Crippen LogP contribution < -0.4 is 10.6 Å². The summed E-state index contributed by atoms with van der Waals surface area (Å²) in [6.07, 6.45) is 19.3. The van der Waals surface area contributed by atoms with Crippen LogP contribution in [0.2, 0.25) is 0 Å². The molecule has 2 amide bonds. The lowest BCUT2D eigenvalue weighted by Crippen LogP contribution is -2.58. The quantitative estimate of drug-likeness (QED) is 0.0386. The molecular formula is C58H91N2O10S2+. The first-order valence-corrected chi connectivity index (χ1v) is 31.0. The highest BCUT2D eigenvalue weighted by Crippen LogP contribution is 2.70. The Morgan fingerprint density at radius 2 is 1.04 bits per heavy atom. The van der Waals surface area contributed by atoms with Crippen LogP contribution in [0.4, 0.5) is 0 Å². The van der Waals surface area contributed by atoms with Crippen LogP contribution >= 0.6 is 0 Å². The van der Waals surface area contributed by atoms with Gasteiger partial charge in [-0.05, 0) is 220 Å². The summed E-state index contributed by atoms with van der Waals surface area (Å²) in [6.45, 7) is 15.6. The summed E-state index contributed by atoms with van der Waals surface area (Å²) in [4.78, 5) is 24.9. The van der Waals surface area contributed by atoms with Gasteiger partial charge >= 0.3 is 11.7 Å². The van der Waals surface area contributed by atoms with Crippen molar-refractivity contribution in [3.63, 3.8) is 0 Å².